The number of hydrogen-bond acceptors (Lipinski definition) is 2. The average molecular weight is 403 g/mol. The van der Waals surface area contributed by atoms with Crippen molar-refractivity contribution in [3.63, 3.8) is 0 Å². The van der Waals surface area contributed by atoms with Crippen molar-refractivity contribution in [1.82, 2.24) is 19.8 Å². The van der Waals surface area contributed by atoms with Crippen LogP contribution in [0, 0.1) is 6.92 Å². The number of hydrogen-bond donors (Lipinski definition) is 1. The Morgan fingerprint density at radius 1 is 1.03 bits per heavy atom. The van der Waals surface area contributed by atoms with E-state index in [4.69, 9.17) is 12.2 Å². The molecule has 1 aliphatic carbocycles. The van der Waals surface area contributed by atoms with Crippen LogP contribution in [0.1, 0.15) is 54.7 Å². The highest BCUT2D eigenvalue weighted by atomic mass is 32.1. The molecular formula is C24H26N4S. The smallest absolute Gasteiger partial charge is 0.170 e. The van der Waals surface area contributed by atoms with Crippen LogP contribution in [0.25, 0.3) is 5.69 Å². The van der Waals surface area contributed by atoms with Gasteiger partial charge in [0.05, 0.1) is 17.8 Å². The highest BCUT2D eigenvalue weighted by Crippen LogP contribution is 2.43. The third-order valence-electron chi connectivity index (χ3n) is 6.22. The molecule has 2 atom stereocenters. The summed E-state index contributed by atoms with van der Waals surface area (Å²) in [5.41, 5.74) is 4.74. The molecule has 2 fully saturated rings. The first-order chi connectivity index (χ1) is 14.2. The Hall–Kier alpha value is -2.66. The van der Waals surface area contributed by atoms with Crippen LogP contribution in [0.15, 0.2) is 67.0 Å². The van der Waals surface area contributed by atoms with Gasteiger partial charge in [-0.3, -0.25) is 4.98 Å². The van der Waals surface area contributed by atoms with Crippen LogP contribution in [0.2, 0.25) is 0 Å². The largest absolute Gasteiger partial charge is 0.352 e. The highest BCUT2D eigenvalue weighted by molar-refractivity contribution is 7.80. The van der Waals surface area contributed by atoms with Gasteiger partial charge in [-0.2, -0.15) is 0 Å². The van der Waals surface area contributed by atoms with Crippen LogP contribution in [-0.2, 0) is 0 Å². The van der Waals surface area contributed by atoms with Gasteiger partial charge in [0.1, 0.15) is 0 Å². The molecule has 1 aliphatic heterocycles. The zero-order chi connectivity index (χ0) is 19.8. The first kappa shape index (κ1) is 18.4. The number of aryl methyl sites for hydroxylation is 1. The molecule has 5 rings (SSSR count). The zero-order valence-electron chi connectivity index (χ0n) is 16.7. The molecule has 1 N–H and O–H groups in total. The van der Waals surface area contributed by atoms with E-state index in [9.17, 15) is 0 Å². The highest BCUT2D eigenvalue weighted by Gasteiger charge is 2.44. The van der Waals surface area contributed by atoms with Gasteiger partial charge in [-0.05, 0) is 73.9 Å². The third-order valence-corrected chi connectivity index (χ3v) is 6.55. The lowest BCUT2D eigenvalue weighted by Crippen LogP contribution is -2.38. The van der Waals surface area contributed by atoms with Gasteiger partial charge in [-0.1, -0.05) is 31.0 Å². The second kappa shape index (κ2) is 7.64. The van der Waals surface area contributed by atoms with Crippen molar-refractivity contribution in [3.05, 3.63) is 83.9 Å². The molecule has 1 aromatic carbocycles. The molecule has 2 aliphatic rings. The first-order valence-corrected chi connectivity index (χ1v) is 10.9. The molecule has 1 saturated carbocycles. The molecule has 148 valence electrons. The summed E-state index contributed by atoms with van der Waals surface area (Å²) in [5, 5.41) is 4.46. The molecule has 0 amide bonds. The van der Waals surface area contributed by atoms with Crippen molar-refractivity contribution in [1.29, 1.82) is 0 Å². The minimum absolute atomic E-state index is 0.0442. The van der Waals surface area contributed by atoms with Crippen molar-refractivity contribution in [2.75, 3.05) is 0 Å². The van der Waals surface area contributed by atoms with E-state index in [0.717, 1.165) is 10.8 Å². The number of thiocarbonyl (C=S) groups is 1. The summed E-state index contributed by atoms with van der Waals surface area (Å²) in [6.45, 7) is 2.14. The third kappa shape index (κ3) is 3.33. The second-order valence-electron chi connectivity index (χ2n) is 8.11. The van der Waals surface area contributed by atoms with Crippen molar-refractivity contribution in [3.8, 4) is 5.69 Å². The monoisotopic (exact) mass is 402 g/mol. The van der Waals surface area contributed by atoms with Crippen LogP contribution in [0.4, 0.5) is 0 Å². The summed E-state index contributed by atoms with van der Waals surface area (Å²) in [6.07, 6.45) is 9.01. The van der Waals surface area contributed by atoms with Crippen molar-refractivity contribution in [2.45, 2.75) is 50.7 Å². The van der Waals surface area contributed by atoms with Crippen molar-refractivity contribution >= 4 is 17.3 Å². The summed E-state index contributed by atoms with van der Waals surface area (Å²) in [5.74, 6) is 0. The lowest BCUT2D eigenvalue weighted by molar-refractivity contribution is 0.239. The van der Waals surface area contributed by atoms with Gasteiger partial charge in [0.15, 0.2) is 5.11 Å². The number of nitrogens with one attached hydrogen (secondary N) is 1. The average Bonchev–Trinajstić information content (AvgIpc) is 3.48. The van der Waals surface area contributed by atoms with Crippen LogP contribution < -0.4 is 5.32 Å². The van der Waals surface area contributed by atoms with Gasteiger partial charge in [0.2, 0.25) is 0 Å². The molecule has 5 heteroatoms. The molecule has 29 heavy (non-hydrogen) atoms. The van der Waals surface area contributed by atoms with Crippen LogP contribution in [-0.4, -0.2) is 25.6 Å². The molecule has 0 radical (unpaired) electrons. The van der Waals surface area contributed by atoms with Crippen molar-refractivity contribution in [2.24, 2.45) is 0 Å². The minimum atomic E-state index is 0.0442. The van der Waals surface area contributed by atoms with E-state index in [1.807, 2.05) is 12.3 Å². The summed E-state index contributed by atoms with van der Waals surface area (Å²) in [6, 6.07) is 19.8. The fraction of sp³-hybridized carbons (Fsp3) is 0.333. The number of aromatic nitrogens is 2. The Morgan fingerprint density at radius 3 is 2.66 bits per heavy atom. The molecule has 4 nitrogen and oxygen atoms in total. The minimum Gasteiger partial charge on any atom is -0.352 e. The fourth-order valence-corrected chi connectivity index (χ4v) is 5.30. The maximum absolute atomic E-state index is 5.86. The standard InChI is InChI=1S/C24H26N4S/c1-17-8-6-11-19(16-17)27-15-7-13-21(27)23-22(20-12-4-5-14-25-20)26-24(29)28(23)18-9-2-3-10-18/h4-8,11-16,18,22-23H,2-3,9-10H2,1H3,(H,26,29). The van der Waals surface area contributed by atoms with Gasteiger partial charge in [-0.15, -0.1) is 0 Å². The van der Waals surface area contributed by atoms with E-state index in [-0.39, 0.29) is 12.1 Å². The topological polar surface area (TPSA) is 33.1 Å². The molecule has 0 bridgehead atoms. The van der Waals surface area contributed by atoms with Gasteiger partial charge in [0.25, 0.3) is 0 Å². The van der Waals surface area contributed by atoms with Gasteiger partial charge in [0, 0.05) is 29.8 Å². The summed E-state index contributed by atoms with van der Waals surface area (Å²) in [4.78, 5) is 7.14. The second-order valence-corrected chi connectivity index (χ2v) is 8.50. The fourth-order valence-electron chi connectivity index (χ4n) is 4.91. The van der Waals surface area contributed by atoms with E-state index in [1.165, 1.54) is 42.6 Å². The SMILES string of the molecule is Cc1cccc(-n2cccc2C2C(c3ccccn3)NC(=S)N2C2CCCC2)c1. The first-order valence-electron chi connectivity index (χ1n) is 10.5. The van der Waals surface area contributed by atoms with Crippen molar-refractivity contribution < 1.29 is 0 Å². The maximum Gasteiger partial charge on any atom is 0.170 e. The number of benzene rings is 1. The van der Waals surface area contributed by atoms with E-state index in [1.54, 1.807) is 0 Å². The van der Waals surface area contributed by atoms with E-state index in [2.05, 4.69) is 81.4 Å². The summed E-state index contributed by atoms with van der Waals surface area (Å²) >= 11 is 5.86. The number of rotatable bonds is 4. The lowest BCUT2D eigenvalue weighted by atomic mass is 9.99. The van der Waals surface area contributed by atoms with Crippen LogP contribution in [0.3, 0.4) is 0 Å². The maximum atomic E-state index is 5.86. The van der Waals surface area contributed by atoms with Gasteiger partial charge in [-0.25, -0.2) is 0 Å². The Kier molecular flexibility index (Phi) is 4.84. The molecule has 0 spiro atoms. The van der Waals surface area contributed by atoms with Crippen LogP contribution >= 0.6 is 12.2 Å². The number of pyridine rings is 1. The Morgan fingerprint density at radius 2 is 1.90 bits per heavy atom. The lowest BCUT2D eigenvalue weighted by Gasteiger charge is -2.33. The summed E-state index contributed by atoms with van der Waals surface area (Å²) < 4.78 is 2.31. The predicted octanol–water partition coefficient (Wildman–Crippen LogP) is 5.10. The van der Waals surface area contributed by atoms with E-state index in [0.29, 0.717) is 6.04 Å². The zero-order valence-corrected chi connectivity index (χ0v) is 17.5. The van der Waals surface area contributed by atoms with E-state index < -0.39 is 0 Å². The quantitative estimate of drug-likeness (QED) is 0.616. The molecular weight excluding hydrogens is 376 g/mol. The molecule has 3 heterocycles. The summed E-state index contributed by atoms with van der Waals surface area (Å²) in [7, 11) is 0. The number of nitrogens with zero attached hydrogens (tertiary/aromatic N) is 3. The Balaban J connectivity index is 1.62. The molecule has 2 unspecified atom stereocenters. The molecule has 1 saturated heterocycles. The van der Waals surface area contributed by atoms with E-state index >= 15 is 0 Å². The predicted molar refractivity (Wildman–Crippen MR) is 120 cm³/mol. The normalized spacial score (nSPS) is 22.2. The van der Waals surface area contributed by atoms with Gasteiger partial charge >= 0.3 is 0 Å². The van der Waals surface area contributed by atoms with Gasteiger partial charge < -0.3 is 14.8 Å². The Bertz CT molecular complexity index is 1010. The molecule has 3 aromatic rings. The molecule has 2 aromatic heterocycles. The van der Waals surface area contributed by atoms with Crippen LogP contribution in [0.5, 0.6) is 0 Å². The Labute approximate surface area is 177 Å².